The van der Waals surface area contributed by atoms with Crippen molar-refractivity contribution in [1.82, 2.24) is 15.6 Å². The average Bonchev–Trinajstić information content (AvgIpc) is 2.86. The minimum Gasteiger partial charge on any atom is -0.467 e. The standard InChI is InChI=1S/C25H25N5O5/c1-34-15-35-22-8-3-2-7-18(22)21-12-19(20(13-26)24(27)30-21)17-6-4-5-16(11-17)14-29-23(31)9-10-28-25(32)33/h2-8,11-12,28H,9-10,14-15H2,1H3,(H2,27,30)(H,29,31)(H,32,33). The van der Waals surface area contributed by atoms with Crippen LogP contribution in [0.2, 0.25) is 0 Å². The fraction of sp³-hybridized carbons (Fsp3) is 0.200. The molecule has 0 aliphatic rings. The number of nitrogens with one attached hydrogen (secondary N) is 2. The molecule has 5 N–H and O–H groups in total. The fourth-order valence-electron chi connectivity index (χ4n) is 3.40. The van der Waals surface area contributed by atoms with Crippen molar-refractivity contribution in [3.63, 3.8) is 0 Å². The number of ether oxygens (including phenoxy) is 2. The first-order valence-electron chi connectivity index (χ1n) is 10.7. The average molecular weight is 476 g/mol. The largest absolute Gasteiger partial charge is 0.467 e. The van der Waals surface area contributed by atoms with Gasteiger partial charge in [-0.1, -0.05) is 30.3 Å². The summed E-state index contributed by atoms with van der Waals surface area (Å²) < 4.78 is 10.7. The number of hydrogen-bond acceptors (Lipinski definition) is 7. The molecule has 0 fully saturated rings. The maximum absolute atomic E-state index is 12.0. The number of methoxy groups -OCH3 is 1. The summed E-state index contributed by atoms with van der Waals surface area (Å²) in [6.45, 7) is 0.333. The van der Waals surface area contributed by atoms with Gasteiger partial charge in [-0.25, -0.2) is 9.78 Å². The molecule has 35 heavy (non-hydrogen) atoms. The minimum absolute atomic E-state index is 0.0272. The molecule has 2 amide bonds. The third kappa shape index (κ3) is 6.69. The summed E-state index contributed by atoms with van der Waals surface area (Å²) in [4.78, 5) is 26.9. The number of hydrogen-bond donors (Lipinski definition) is 4. The van der Waals surface area contributed by atoms with Crippen LogP contribution in [0.1, 0.15) is 17.5 Å². The third-order valence-corrected chi connectivity index (χ3v) is 5.01. The maximum atomic E-state index is 12.0. The zero-order chi connectivity index (χ0) is 25.2. The van der Waals surface area contributed by atoms with Gasteiger partial charge in [-0.15, -0.1) is 0 Å². The van der Waals surface area contributed by atoms with Crippen molar-refractivity contribution >= 4 is 17.8 Å². The topological polar surface area (TPSA) is 160 Å². The van der Waals surface area contributed by atoms with E-state index in [1.165, 1.54) is 7.11 Å². The van der Waals surface area contributed by atoms with Gasteiger partial charge >= 0.3 is 6.09 Å². The van der Waals surface area contributed by atoms with Crippen molar-refractivity contribution in [1.29, 1.82) is 5.26 Å². The Kier molecular flexibility index (Phi) is 8.59. The molecule has 0 atom stereocenters. The van der Waals surface area contributed by atoms with Crippen LogP contribution in [0, 0.1) is 11.3 Å². The molecule has 0 aliphatic heterocycles. The number of carbonyl (C=O) groups excluding carboxylic acids is 1. The maximum Gasteiger partial charge on any atom is 0.404 e. The number of aromatic nitrogens is 1. The number of nitrogen functional groups attached to an aromatic ring is 1. The Morgan fingerprint density at radius 3 is 2.66 bits per heavy atom. The molecule has 0 radical (unpaired) electrons. The number of nitrogens with zero attached hydrogens (tertiary/aromatic N) is 2. The number of carboxylic acid groups (broad SMARTS) is 1. The highest BCUT2D eigenvalue weighted by molar-refractivity contribution is 5.82. The highest BCUT2D eigenvalue weighted by Crippen LogP contribution is 2.35. The van der Waals surface area contributed by atoms with Gasteiger partial charge in [0.15, 0.2) is 6.79 Å². The molecule has 0 unspecified atom stereocenters. The second-order valence-corrected chi connectivity index (χ2v) is 7.43. The molecule has 180 valence electrons. The van der Waals surface area contributed by atoms with E-state index in [0.717, 1.165) is 11.1 Å². The Morgan fingerprint density at radius 2 is 1.91 bits per heavy atom. The van der Waals surface area contributed by atoms with Gasteiger partial charge in [0, 0.05) is 37.7 Å². The first-order valence-corrected chi connectivity index (χ1v) is 10.7. The molecule has 0 saturated heterocycles. The van der Waals surface area contributed by atoms with Crippen molar-refractivity contribution in [3.05, 3.63) is 65.7 Å². The molecule has 0 aliphatic carbocycles. The van der Waals surface area contributed by atoms with E-state index < -0.39 is 6.09 Å². The van der Waals surface area contributed by atoms with Crippen molar-refractivity contribution in [2.45, 2.75) is 13.0 Å². The van der Waals surface area contributed by atoms with Gasteiger partial charge in [0.1, 0.15) is 23.2 Å². The van der Waals surface area contributed by atoms with E-state index in [1.54, 1.807) is 12.1 Å². The van der Waals surface area contributed by atoms with Crippen LogP contribution in [-0.4, -0.2) is 42.5 Å². The molecular formula is C25H25N5O5. The molecule has 10 heteroatoms. The molecular weight excluding hydrogens is 450 g/mol. The zero-order valence-electron chi connectivity index (χ0n) is 19.1. The molecule has 3 rings (SSSR count). The van der Waals surface area contributed by atoms with Crippen LogP contribution in [-0.2, 0) is 16.1 Å². The van der Waals surface area contributed by atoms with E-state index in [4.69, 9.17) is 20.3 Å². The number of para-hydroxylation sites is 1. The number of anilines is 1. The number of nitrogens with two attached hydrogens (primary N) is 1. The second-order valence-electron chi connectivity index (χ2n) is 7.43. The van der Waals surface area contributed by atoms with Gasteiger partial charge < -0.3 is 30.9 Å². The van der Waals surface area contributed by atoms with Gasteiger partial charge in [0.2, 0.25) is 5.91 Å². The van der Waals surface area contributed by atoms with Crippen LogP contribution >= 0.6 is 0 Å². The fourth-order valence-corrected chi connectivity index (χ4v) is 3.40. The summed E-state index contributed by atoms with van der Waals surface area (Å²) in [5.41, 5.74) is 9.75. The van der Waals surface area contributed by atoms with Crippen LogP contribution in [0.15, 0.2) is 54.6 Å². The van der Waals surface area contributed by atoms with Gasteiger partial charge in [0.25, 0.3) is 0 Å². The summed E-state index contributed by atoms with van der Waals surface area (Å²) in [6.07, 6.45) is -1.15. The Hall–Kier alpha value is -4.62. The van der Waals surface area contributed by atoms with E-state index >= 15 is 0 Å². The molecule has 0 spiro atoms. The highest BCUT2D eigenvalue weighted by Gasteiger charge is 2.16. The normalized spacial score (nSPS) is 10.3. The lowest BCUT2D eigenvalue weighted by Gasteiger charge is -2.14. The van der Waals surface area contributed by atoms with Gasteiger partial charge in [-0.3, -0.25) is 4.79 Å². The molecule has 2 aromatic carbocycles. The number of benzene rings is 2. The summed E-state index contributed by atoms with van der Waals surface area (Å²) in [5, 5.41) is 23.2. The monoisotopic (exact) mass is 475 g/mol. The molecule has 0 bridgehead atoms. The van der Waals surface area contributed by atoms with Crippen LogP contribution in [0.5, 0.6) is 5.75 Å². The molecule has 3 aromatic rings. The van der Waals surface area contributed by atoms with E-state index in [2.05, 4.69) is 21.7 Å². The number of carbonyl (C=O) groups is 2. The Labute approximate surface area is 202 Å². The Balaban J connectivity index is 1.89. The number of rotatable bonds is 10. The van der Waals surface area contributed by atoms with Crippen LogP contribution < -0.4 is 21.1 Å². The van der Waals surface area contributed by atoms with Crippen LogP contribution in [0.4, 0.5) is 10.6 Å². The van der Waals surface area contributed by atoms with Crippen molar-refractivity contribution in [2.75, 3.05) is 26.2 Å². The molecule has 0 saturated carbocycles. The zero-order valence-corrected chi connectivity index (χ0v) is 19.1. The van der Waals surface area contributed by atoms with E-state index in [-0.39, 0.29) is 43.6 Å². The Bertz CT molecular complexity index is 1260. The SMILES string of the molecule is COCOc1ccccc1-c1cc(-c2cccc(CNC(=O)CCNC(=O)O)c2)c(C#N)c(N)n1. The smallest absolute Gasteiger partial charge is 0.404 e. The number of pyridine rings is 1. The molecule has 1 heterocycles. The van der Waals surface area contributed by atoms with Crippen LogP contribution in [0.3, 0.4) is 0 Å². The predicted octanol–water partition coefficient (Wildman–Crippen LogP) is 3.13. The molecule has 1 aromatic heterocycles. The quantitative estimate of drug-likeness (QED) is 0.325. The summed E-state index contributed by atoms with van der Waals surface area (Å²) in [7, 11) is 1.53. The highest BCUT2D eigenvalue weighted by atomic mass is 16.7. The van der Waals surface area contributed by atoms with E-state index in [9.17, 15) is 14.9 Å². The van der Waals surface area contributed by atoms with Crippen LogP contribution in [0.25, 0.3) is 22.4 Å². The van der Waals surface area contributed by atoms with E-state index in [0.29, 0.717) is 22.6 Å². The predicted molar refractivity (Wildman–Crippen MR) is 129 cm³/mol. The first kappa shape index (κ1) is 25.0. The minimum atomic E-state index is -1.18. The number of nitriles is 1. The second kappa shape index (κ2) is 12.0. The number of amides is 2. The summed E-state index contributed by atoms with van der Waals surface area (Å²) in [6, 6.07) is 18.6. The van der Waals surface area contributed by atoms with Gasteiger partial charge in [-0.05, 0) is 35.4 Å². The summed E-state index contributed by atoms with van der Waals surface area (Å²) in [5.74, 6) is 0.363. The van der Waals surface area contributed by atoms with E-state index in [1.807, 2.05) is 42.5 Å². The van der Waals surface area contributed by atoms with Crippen molar-refractivity contribution in [2.24, 2.45) is 0 Å². The lowest BCUT2D eigenvalue weighted by molar-refractivity contribution is -0.121. The summed E-state index contributed by atoms with van der Waals surface area (Å²) >= 11 is 0. The lowest BCUT2D eigenvalue weighted by Crippen LogP contribution is -2.29. The lowest BCUT2D eigenvalue weighted by atomic mass is 9.97. The van der Waals surface area contributed by atoms with Crippen molar-refractivity contribution in [3.8, 4) is 34.2 Å². The third-order valence-electron chi connectivity index (χ3n) is 5.01. The molecule has 10 nitrogen and oxygen atoms in total. The van der Waals surface area contributed by atoms with Gasteiger partial charge in [-0.2, -0.15) is 5.26 Å². The first-order chi connectivity index (χ1) is 16.9. The Morgan fingerprint density at radius 1 is 1.11 bits per heavy atom. The van der Waals surface area contributed by atoms with Gasteiger partial charge in [0.05, 0.1) is 5.69 Å². The van der Waals surface area contributed by atoms with Crippen molar-refractivity contribution < 1.29 is 24.2 Å².